The van der Waals surface area contributed by atoms with Crippen molar-refractivity contribution in [1.82, 2.24) is 0 Å². The molecule has 1 rings (SSSR count). The molecule has 5 heteroatoms. The molecule has 17 heavy (non-hydrogen) atoms. The van der Waals surface area contributed by atoms with Crippen LogP contribution < -0.4 is 4.74 Å². The number of ether oxygens (including phenoxy) is 1. The Bertz CT molecular complexity index is 470. The predicted octanol–water partition coefficient (Wildman–Crippen LogP) is 1.28. The van der Waals surface area contributed by atoms with E-state index in [1.54, 1.807) is 12.1 Å². The molecule has 0 amide bonds. The van der Waals surface area contributed by atoms with Gasteiger partial charge in [0.1, 0.15) is 5.75 Å². The van der Waals surface area contributed by atoms with Gasteiger partial charge in [-0.2, -0.15) is 0 Å². The largest absolute Gasteiger partial charge is 0.478 e. The lowest BCUT2D eigenvalue weighted by Gasteiger charge is -2.01. The van der Waals surface area contributed by atoms with Crippen molar-refractivity contribution in [3.05, 3.63) is 35.9 Å². The predicted molar refractivity (Wildman–Crippen MR) is 59.4 cm³/mol. The number of benzene rings is 1. The minimum Gasteiger partial charge on any atom is -0.478 e. The quantitative estimate of drug-likeness (QED) is 0.367. The number of carboxylic acids is 1. The maximum atomic E-state index is 10.9. The Morgan fingerprint density at radius 2 is 1.76 bits per heavy atom. The first-order valence-corrected chi connectivity index (χ1v) is 4.73. The summed E-state index contributed by atoms with van der Waals surface area (Å²) in [6.45, 7) is 1.12. The second-order valence-corrected chi connectivity index (χ2v) is 3.19. The van der Waals surface area contributed by atoms with E-state index in [4.69, 9.17) is 9.84 Å². The zero-order valence-electron chi connectivity index (χ0n) is 9.04. The Hall–Kier alpha value is -2.43. The Labute approximate surface area is 97.3 Å². The van der Waals surface area contributed by atoms with Crippen molar-refractivity contribution in [2.24, 2.45) is 0 Å². The van der Waals surface area contributed by atoms with Crippen LogP contribution in [-0.2, 0) is 14.4 Å². The lowest BCUT2D eigenvalue weighted by molar-refractivity contribution is -0.146. The van der Waals surface area contributed by atoms with Gasteiger partial charge in [-0.25, -0.2) is 9.59 Å². The summed E-state index contributed by atoms with van der Waals surface area (Å²) in [7, 11) is 0. The molecule has 5 nitrogen and oxygen atoms in total. The molecule has 0 aromatic heterocycles. The van der Waals surface area contributed by atoms with Gasteiger partial charge < -0.3 is 9.84 Å². The third kappa shape index (κ3) is 4.29. The van der Waals surface area contributed by atoms with Crippen molar-refractivity contribution in [3.8, 4) is 5.75 Å². The van der Waals surface area contributed by atoms with Crippen LogP contribution >= 0.6 is 0 Å². The van der Waals surface area contributed by atoms with Gasteiger partial charge in [-0.3, -0.25) is 4.79 Å². The number of hydrogen-bond donors (Lipinski definition) is 1. The maximum absolute atomic E-state index is 10.9. The molecular weight excluding hydrogens is 224 g/mol. The Morgan fingerprint density at radius 3 is 2.24 bits per heavy atom. The molecule has 0 aliphatic rings. The van der Waals surface area contributed by atoms with Crippen molar-refractivity contribution in [1.29, 1.82) is 0 Å². The standard InChI is InChI=1S/C12H10O5/c1-8(13)12(16)17-10-5-2-9(3-6-10)4-7-11(14)15/h2-7H,1H3,(H,14,15)/b7-4+. The van der Waals surface area contributed by atoms with E-state index in [0.717, 1.165) is 13.0 Å². The van der Waals surface area contributed by atoms with E-state index in [1.807, 2.05) is 0 Å². The number of hydrogen-bond acceptors (Lipinski definition) is 4. The van der Waals surface area contributed by atoms with Gasteiger partial charge in [0.15, 0.2) is 0 Å². The topological polar surface area (TPSA) is 80.7 Å². The molecule has 0 fully saturated rings. The van der Waals surface area contributed by atoms with E-state index >= 15 is 0 Å². The summed E-state index contributed by atoms with van der Waals surface area (Å²) < 4.78 is 4.73. The molecule has 0 bridgehead atoms. The van der Waals surface area contributed by atoms with Crippen LogP contribution in [0, 0.1) is 0 Å². The van der Waals surface area contributed by atoms with Gasteiger partial charge in [0.2, 0.25) is 5.78 Å². The minimum atomic E-state index is -1.04. The number of carboxylic acid groups (broad SMARTS) is 1. The van der Waals surface area contributed by atoms with Crippen molar-refractivity contribution >= 4 is 23.8 Å². The van der Waals surface area contributed by atoms with Gasteiger partial charge in [0, 0.05) is 13.0 Å². The molecule has 0 saturated heterocycles. The second-order valence-electron chi connectivity index (χ2n) is 3.19. The number of ketones is 1. The molecule has 0 spiro atoms. The summed E-state index contributed by atoms with van der Waals surface area (Å²) in [6, 6.07) is 6.09. The van der Waals surface area contributed by atoms with Crippen LogP contribution in [0.3, 0.4) is 0 Å². The van der Waals surface area contributed by atoms with E-state index in [-0.39, 0.29) is 5.75 Å². The number of carbonyl (C=O) groups excluding carboxylic acids is 2. The van der Waals surface area contributed by atoms with Gasteiger partial charge in [0.25, 0.3) is 0 Å². The highest BCUT2D eigenvalue weighted by Crippen LogP contribution is 2.13. The highest BCUT2D eigenvalue weighted by molar-refractivity contribution is 6.33. The van der Waals surface area contributed by atoms with E-state index in [1.165, 1.54) is 18.2 Å². The van der Waals surface area contributed by atoms with Crippen LogP contribution in [-0.4, -0.2) is 22.8 Å². The fourth-order valence-corrected chi connectivity index (χ4v) is 0.993. The third-order valence-electron chi connectivity index (χ3n) is 1.80. The van der Waals surface area contributed by atoms with Gasteiger partial charge in [-0.1, -0.05) is 12.1 Å². The SMILES string of the molecule is CC(=O)C(=O)Oc1ccc(/C=C/C(=O)O)cc1. The molecule has 0 heterocycles. The van der Waals surface area contributed by atoms with Crippen LogP contribution in [0.25, 0.3) is 6.08 Å². The monoisotopic (exact) mass is 234 g/mol. The zero-order valence-corrected chi connectivity index (χ0v) is 9.04. The molecule has 1 aromatic rings. The lowest BCUT2D eigenvalue weighted by Crippen LogP contribution is -2.16. The van der Waals surface area contributed by atoms with E-state index in [9.17, 15) is 14.4 Å². The Morgan fingerprint density at radius 1 is 1.18 bits per heavy atom. The maximum Gasteiger partial charge on any atom is 0.379 e. The molecule has 88 valence electrons. The summed E-state index contributed by atoms with van der Waals surface area (Å²) in [5, 5.41) is 8.42. The fourth-order valence-electron chi connectivity index (χ4n) is 0.993. The average molecular weight is 234 g/mol. The highest BCUT2D eigenvalue weighted by Gasteiger charge is 2.09. The van der Waals surface area contributed by atoms with E-state index < -0.39 is 17.7 Å². The molecule has 0 aliphatic carbocycles. The van der Waals surface area contributed by atoms with Crippen molar-refractivity contribution in [2.75, 3.05) is 0 Å². The summed E-state index contributed by atoms with van der Waals surface area (Å²) in [5.74, 6) is -2.42. The Kier molecular flexibility index (Phi) is 4.16. The van der Waals surface area contributed by atoms with Crippen molar-refractivity contribution in [3.63, 3.8) is 0 Å². The highest BCUT2D eigenvalue weighted by atomic mass is 16.5. The van der Waals surface area contributed by atoms with Gasteiger partial charge >= 0.3 is 11.9 Å². The van der Waals surface area contributed by atoms with Crippen LogP contribution in [0.4, 0.5) is 0 Å². The lowest BCUT2D eigenvalue weighted by atomic mass is 10.2. The first-order valence-electron chi connectivity index (χ1n) is 4.73. The number of aliphatic carboxylic acids is 1. The molecular formula is C12H10O5. The molecule has 1 N–H and O–H groups in total. The van der Waals surface area contributed by atoms with Crippen molar-refractivity contribution < 1.29 is 24.2 Å². The number of carbonyl (C=O) groups is 3. The first kappa shape index (κ1) is 12.6. The minimum absolute atomic E-state index is 0.234. The van der Waals surface area contributed by atoms with E-state index in [2.05, 4.69) is 0 Å². The molecule has 0 aliphatic heterocycles. The third-order valence-corrected chi connectivity index (χ3v) is 1.80. The van der Waals surface area contributed by atoms with Crippen LogP contribution in [0.1, 0.15) is 12.5 Å². The van der Waals surface area contributed by atoms with Crippen LogP contribution in [0.2, 0.25) is 0 Å². The smallest absolute Gasteiger partial charge is 0.379 e. The van der Waals surface area contributed by atoms with Crippen LogP contribution in [0.5, 0.6) is 5.75 Å². The first-order chi connectivity index (χ1) is 7.99. The van der Waals surface area contributed by atoms with Gasteiger partial charge in [-0.05, 0) is 23.8 Å². The zero-order chi connectivity index (χ0) is 12.8. The molecule has 0 atom stereocenters. The van der Waals surface area contributed by atoms with E-state index in [0.29, 0.717) is 5.56 Å². The molecule has 0 radical (unpaired) electrons. The summed E-state index contributed by atoms with van der Waals surface area (Å²) in [4.78, 5) is 31.9. The summed E-state index contributed by atoms with van der Waals surface area (Å²) in [6.07, 6.45) is 2.40. The van der Waals surface area contributed by atoms with Gasteiger partial charge in [0.05, 0.1) is 0 Å². The number of rotatable bonds is 4. The normalized spacial score (nSPS) is 10.2. The summed E-state index contributed by atoms with van der Waals surface area (Å²) in [5.41, 5.74) is 0.648. The average Bonchev–Trinajstić information content (AvgIpc) is 2.28. The number of Topliss-reactive ketones (excluding diaryl/α,β-unsaturated/α-hetero) is 1. The summed E-state index contributed by atoms with van der Waals surface area (Å²) >= 11 is 0. The molecule has 1 aromatic carbocycles. The fraction of sp³-hybridized carbons (Fsp3) is 0.0833. The number of esters is 1. The van der Waals surface area contributed by atoms with Crippen molar-refractivity contribution in [2.45, 2.75) is 6.92 Å². The van der Waals surface area contributed by atoms with Crippen LogP contribution in [0.15, 0.2) is 30.3 Å². The molecule has 0 saturated carbocycles. The molecule has 0 unspecified atom stereocenters. The Balaban J connectivity index is 2.71. The van der Waals surface area contributed by atoms with Gasteiger partial charge in [-0.15, -0.1) is 0 Å². The second kappa shape index (κ2) is 5.60.